The third-order valence-electron chi connectivity index (χ3n) is 1.60. The number of carbonyl (C=O) groups is 1. The molecule has 2 nitrogen and oxygen atoms in total. The van der Waals surface area contributed by atoms with Crippen LogP contribution in [0.15, 0.2) is 18.4 Å². The minimum Gasteiger partial charge on any atom is -0.455 e. The van der Waals surface area contributed by atoms with E-state index in [1.807, 2.05) is 6.92 Å². The summed E-state index contributed by atoms with van der Waals surface area (Å²) in [5, 5.41) is 0. The molecule has 1 atom stereocenters. The fourth-order valence-electron chi connectivity index (χ4n) is 1.48. The average molecular weight is 182 g/mol. The molecule has 0 aliphatic rings. The van der Waals surface area contributed by atoms with Gasteiger partial charge in [-0.25, -0.2) is 0 Å². The van der Waals surface area contributed by atoms with Gasteiger partial charge in [0.2, 0.25) is 0 Å². The van der Waals surface area contributed by atoms with E-state index < -0.39 is 5.60 Å². The Bertz CT molecular complexity index is 224. The molecule has 0 aliphatic carbocycles. The van der Waals surface area contributed by atoms with Crippen LogP contribution >= 0.6 is 0 Å². The third kappa shape index (κ3) is 5.26. The van der Waals surface area contributed by atoms with Gasteiger partial charge in [-0.15, -0.1) is 5.73 Å². The van der Waals surface area contributed by atoms with E-state index in [0.717, 1.165) is 6.42 Å². The molecule has 0 fully saturated rings. The maximum Gasteiger partial charge on any atom is 0.303 e. The summed E-state index contributed by atoms with van der Waals surface area (Å²) >= 11 is 0. The normalized spacial score (nSPS) is 14.5. The highest BCUT2D eigenvalue weighted by molar-refractivity contribution is 5.66. The van der Waals surface area contributed by atoms with E-state index in [2.05, 4.69) is 26.2 Å². The van der Waals surface area contributed by atoms with E-state index in [-0.39, 0.29) is 5.97 Å². The molecule has 0 amide bonds. The molecule has 0 saturated carbocycles. The largest absolute Gasteiger partial charge is 0.455 e. The number of hydrogen-bond donors (Lipinski definition) is 0. The summed E-state index contributed by atoms with van der Waals surface area (Å²) < 4.78 is 5.19. The molecule has 2 heteroatoms. The van der Waals surface area contributed by atoms with Crippen molar-refractivity contribution >= 4 is 5.97 Å². The summed E-state index contributed by atoms with van der Waals surface area (Å²) in [6, 6.07) is 0. The predicted octanol–water partition coefficient (Wildman–Crippen LogP) is 2.70. The molecule has 0 bridgehead atoms. The SMILES string of the molecule is C=C=CC(C)(CC(C)C)OC(C)=O. The summed E-state index contributed by atoms with van der Waals surface area (Å²) in [5.41, 5.74) is 2.11. The van der Waals surface area contributed by atoms with E-state index in [1.54, 1.807) is 6.08 Å². The molecule has 0 N–H and O–H groups in total. The zero-order chi connectivity index (χ0) is 10.5. The molecule has 13 heavy (non-hydrogen) atoms. The van der Waals surface area contributed by atoms with Crippen molar-refractivity contribution in [2.75, 3.05) is 0 Å². The average Bonchev–Trinajstić information content (AvgIpc) is 1.81. The van der Waals surface area contributed by atoms with Crippen LogP contribution in [0.2, 0.25) is 0 Å². The number of esters is 1. The first-order chi connectivity index (χ1) is 5.89. The molecule has 0 heterocycles. The van der Waals surface area contributed by atoms with Gasteiger partial charge in [0.25, 0.3) is 0 Å². The lowest BCUT2D eigenvalue weighted by Gasteiger charge is -2.26. The van der Waals surface area contributed by atoms with Gasteiger partial charge in [-0.05, 0) is 19.3 Å². The Morgan fingerprint density at radius 1 is 1.69 bits per heavy atom. The van der Waals surface area contributed by atoms with E-state index >= 15 is 0 Å². The lowest BCUT2D eigenvalue weighted by molar-refractivity contribution is -0.152. The first-order valence-corrected chi connectivity index (χ1v) is 4.46. The molecular formula is C11H18O2. The van der Waals surface area contributed by atoms with Crippen LogP contribution in [0.25, 0.3) is 0 Å². The standard InChI is InChI=1S/C11H18O2/c1-6-7-11(5,8-9(2)3)13-10(4)12/h7,9H,1,8H2,2-5H3. The lowest BCUT2D eigenvalue weighted by atomic mass is 9.94. The first-order valence-electron chi connectivity index (χ1n) is 4.46. The van der Waals surface area contributed by atoms with Gasteiger partial charge in [-0.3, -0.25) is 4.79 Å². The Morgan fingerprint density at radius 3 is 2.54 bits per heavy atom. The highest BCUT2D eigenvalue weighted by Gasteiger charge is 2.25. The van der Waals surface area contributed by atoms with E-state index in [1.165, 1.54) is 6.92 Å². The highest BCUT2D eigenvalue weighted by Crippen LogP contribution is 2.22. The first kappa shape index (κ1) is 12.0. The number of hydrogen-bond acceptors (Lipinski definition) is 2. The Morgan fingerprint density at radius 2 is 2.23 bits per heavy atom. The monoisotopic (exact) mass is 182 g/mol. The molecule has 1 unspecified atom stereocenters. The van der Waals surface area contributed by atoms with Gasteiger partial charge < -0.3 is 4.74 Å². The Labute approximate surface area is 80.3 Å². The summed E-state index contributed by atoms with van der Waals surface area (Å²) in [4.78, 5) is 10.8. The lowest BCUT2D eigenvalue weighted by Crippen LogP contribution is -2.30. The zero-order valence-electron chi connectivity index (χ0n) is 8.89. The van der Waals surface area contributed by atoms with Gasteiger partial charge in [-0.2, -0.15) is 0 Å². The maximum absolute atomic E-state index is 10.8. The van der Waals surface area contributed by atoms with Crippen molar-refractivity contribution in [2.45, 2.75) is 39.7 Å². The van der Waals surface area contributed by atoms with Crippen LogP contribution in [0, 0.1) is 5.92 Å². The van der Waals surface area contributed by atoms with Crippen molar-refractivity contribution in [3.05, 3.63) is 18.4 Å². The van der Waals surface area contributed by atoms with Gasteiger partial charge >= 0.3 is 5.97 Å². The van der Waals surface area contributed by atoms with Crippen molar-refractivity contribution in [2.24, 2.45) is 5.92 Å². The van der Waals surface area contributed by atoms with Gasteiger partial charge in [0.1, 0.15) is 5.60 Å². The van der Waals surface area contributed by atoms with Gasteiger partial charge in [-0.1, -0.05) is 20.4 Å². The van der Waals surface area contributed by atoms with Crippen molar-refractivity contribution in [1.82, 2.24) is 0 Å². The number of rotatable bonds is 4. The highest BCUT2D eigenvalue weighted by atomic mass is 16.6. The maximum atomic E-state index is 10.8. The molecular weight excluding hydrogens is 164 g/mol. The quantitative estimate of drug-likeness (QED) is 0.493. The fraction of sp³-hybridized carbons (Fsp3) is 0.636. The van der Waals surface area contributed by atoms with Gasteiger partial charge in [0, 0.05) is 13.0 Å². The van der Waals surface area contributed by atoms with Crippen LogP contribution in [0.5, 0.6) is 0 Å². The van der Waals surface area contributed by atoms with Crippen molar-refractivity contribution < 1.29 is 9.53 Å². The minimum atomic E-state index is -0.554. The van der Waals surface area contributed by atoms with Gasteiger partial charge in [0.15, 0.2) is 0 Å². The molecule has 0 aliphatic heterocycles. The predicted molar refractivity (Wildman–Crippen MR) is 53.3 cm³/mol. The van der Waals surface area contributed by atoms with E-state index in [4.69, 9.17) is 4.74 Å². The second kappa shape index (κ2) is 4.88. The second-order valence-corrected chi connectivity index (χ2v) is 3.85. The zero-order valence-corrected chi connectivity index (χ0v) is 8.89. The molecule has 0 spiro atoms. The van der Waals surface area contributed by atoms with Crippen molar-refractivity contribution in [3.63, 3.8) is 0 Å². The molecule has 0 radical (unpaired) electrons. The topological polar surface area (TPSA) is 26.3 Å². The van der Waals surface area contributed by atoms with Gasteiger partial charge in [0.05, 0.1) is 0 Å². The summed E-state index contributed by atoms with van der Waals surface area (Å²) in [6.07, 6.45) is 2.49. The number of carbonyl (C=O) groups excluding carboxylic acids is 1. The van der Waals surface area contributed by atoms with Crippen molar-refractivity contribution in [3.8, 4) is 0 Å². The summed E-state index contributed by atoms with van der Waals surface area (Å²) in [6.45, 7) is 10.9. The molecule has 74 valence electrons. The Balaban J connectivity index is 4.51. The van der Waals surface area contributed by atoms with E-state index in [0.29, 0.717) is 5.92 Å². The van der Waals surface area contributed by atoms with Crippen LogP contribution in [-0.4, -0.2) is 11.6 Å². The third-order valence-corrected chi connectivity index (χ3v) is 1.60. The molecule has 0 rings (SSSR count). The number of ether oxygens (including phenoxy) is 1. The Kier molecular flexibility index (Phi) is 4.50. The summed E-state index contributed by atoms with van der Waals surface area (Å²) in [7, 11) is 0. The van der Waals surface area contributed by atoms with E-state index in [9.17, 15) is 4.79 Å². The molecule has 0 aromatic rings. The van der Waals surface area contributed by atoms with Crippen LogP contribution in [0.3, 0.4) is 0 Å². The Hall–Kier alpha value is -1.01. The second-order valence-electron chi connectivity index (χ2n) is 3.85. The smallest absolute Gasteiger partial charge is 0.303 e. The molecule has 0 saturated heterocycles. The van der Waals surface area contributed by atoms with Crippen LogP contribution in [-0.2, 0) is 9.53 Å². The van der Waals surface area contributed by atoms with Crippen LogP contribution < -0.4 is 0 Å². The fourth-order valence-corrected chi connectivity index (χ4v) is 1.48. The molecule has 0 aromatic heterocycles. The summed E-state index contributed by atoms with van der Waals surface area (Å²) in [5.74, 6) is 0.198. The van der Waals surface area contributed by atoms with Crippen LogP contribution in [0.4, 0.5) is 0 Å². The van der Waals surface area contributed by atoms with Crippen molar-refractivity contribution in [1.29, 1.82) is 0 Å². The minimum absolute atomic E-state index is 0.269. The molecule has 0 aromatic carbocycles. The van der Waals surface area contributed by atoms with Crippen LogP contribution in [0.1, 0.15) is 34.1 Å².